The number of carbonyl (C=O) groups is 4. The molecule has 0 spiro atoms. The lowest BCUT2D eigenvalue weighted by Crippen LogP contribution is -2.54. The molecule has 0 aromatic heterocycles. The Morgan fingerprint density at radius 1 is 0.828 bits per heavy atom. The number of allylic oxidation sites excluding steroid dienone is 1. The van der Waals surface area contributed by atoms with Crippen LogP contribution in [-0.4, -0.2) is 167 Å². The van der Waals surface area contributed by atoms with Crippen molar-refractivity contribution in [1.29, 1.82) is 0 Å². The Balaban J connectivity index is 0.816. The molecule has 4 amide bonds. The maximum atomic E-state index is 14.3. The summed E-state index contributed by atoms with van der Waals surface area (Å²) in [5.74, 6) is -0.423. The zero-order chi connectivity index (χ0) is 62.4. The van der Waals surface area contributed by atoms with Gasteiger partial charge in [-0.15, -0.1) is 11.8 Å². The van der Waals surface area contributed by atoms with E-state index >= 15 is 0 Å². The van der Waals surface area contributed by atoms with E-state index in [1.54, 1.807) is 17.0 Å². The summed E-state index contributed by atoms with van der Waals surface area (Å²) in [6, 6.07) is 27.4. The highest BCUT2D eigenvalue weighted by atomic mass is 35.5. The van der Waals surface area contributed by atoms with Gasteiger partial charge in [-0.05, 0) is 146 Å². The average molecular weight is 1280 g/mol. The number of nitrogens with zero attached hydrogens (tertiary/aromatic N) is 4. The third kappa shape index (κ3) is 19.6. The molecule has 5 N–H and O–H groups in total. The van der Waals surface area contributed by atoms with Crippen molar-refractivity contribution in [2.24, 2.45) is 10.8 Å². The minimum atomic E-state index is -5.80. The number of alkyl halides is 3. The highest BCUT2D eigenvalue weighted by Crippen LogP contribution is 2.44. The number of anilines is 2. The van der Waals surface area contributed by atoms with Crippen LogP contribution in [-0.2, 0) is 29.0 Å². The van der Waals surface area contributed by atoms with Gasteiger partial charge in [0.2, 0.25) is 17.7 Å². The number of hydrogen-bond acceptors (Lipinski definition) is 14. The maximum absolute atomic E-state index is 14.3. The summed E-state index contributed by atoms with van der Waals surface area (Å²) in [7, 11) is -5.80. The van der Waals surface area contributed by atoms with Gasteiger partial charge in [0, 0.05) is 123 Å². The quantitative estimate of drug-likeness (QED) is 0.0227. The van der Waals surface area contributed by atoms with Gasteiger partial charge in [-0.25, -0.2) is 8.42 Å². The lowest BCUT2D eigenvalue weighted by atomic mass is 9.71. The van der Waals surface area contributed by atoms with E-state index in [2.05, 4.69) is 54.4 Å². The van der Waals surface area contributed by atoms with Crippen LogP contribution < -0.4 is 25.6 Å². The number of morpholine rings is 1. The summed E-state index contributed by atoms with van der Waals surface area (Å²) < 4.78 is 77.3. The van der Waals surface area contributed by atoms with Crippen LogP contribution in [0.25, 0.3) is 5.57 Å². The van der Waals surface area contributed by atoms with E-state index in [1.165, 1.54) is 35.0 Å². The van der Waals surface area contributed by atoms with Crippen LogP contribution in [0.4, 0.5) is 24.5 Å². The Morgan fingerprint density at radius 2 is 1.52 bits per heavy atom. The smallest absolute Gasteiger partial charge is 0.391 e. The van der Waals surface area contributed by atoms with E-state index in [9.17, 15) is 45.9 Å². The predicted molar refractivity (Wildman–Crippen MR) is 340 cm³/mol. The van der Waals surface area contributed by atoms with E-state index in [4.69, 9.17) is 16.3 Å². The molecule has 0 bridgehead atoms. The van der Waals surface area contributed by atoms with Crippen molar-refractivity contribution < 1.29 is 50.6 Å². The van der Waals surface area contributed by atoms with E-state index < -0.39 is 43.7 Å². The van der Waals surface area contributed by atoms with Gasteiger partial charge in [0.25, 0.3) is 15.7 Å². The third-order valence-corrected chi connectivity index (χ3v) is 20.4. The number of β-amino-alcohol motifs (C(OH)–C–C–N with tert-alkyl or cyclic N) is 1. The number of rotatable bonds is 26. The Labute approximate surface area is 524 Å². The van der Waals surface area contributed by atoms with Gasteiger partial charge in [-0.2, -0.15) is 13.2 Å². The SMILES string of the molecule is CC1(CNC(=O)CCCCCC(=O)NC(C(=O)N2CC[C@@H](O)C2)C(C)(C)C)CCC(c2ccc(Cl)cc2)=C(CN2CCN(c3ccc(C(=O)NSc4ccc(N[C@H](CCN5CCOCC5)CSc5ccccc5)c(S(=O)(=O)C(F)(F)F)c4)cc3)CC2)C1. The molecule has 3 aliphatic heterocycles. The molecule has 3 saturated heterocycles. The molecule has 3 fully saturated rings. The van der Waals surface area contributed by atoms with Crippen LogP contribution in [0.3, 0.4) is 0 Å². The van der Waals surface area contributed by atoms with E-state index in [1.807, 2.05) is 75.4 Å². The maximum Gasteiger partial charge on any atom is 0.501 e. The fraction of sp³-hybridized carbons (Fsp3) is 0.531. The summed E-state index contributed by atoms with van der Waals surface area (Å²) in [6.07, 6.45) is 5.62. The number of carbonyl (C=O) groups excluding carboxylic acids is 4. The predicted octanol–water partition coefficient (Wildman–Crippen LogP) is 10.3. The first-order valence-electron chi connectivity index (χ1n) is 30.2. The highest BCUT2D eigenvalue weighted by Gasteiger charge is 2.48. The molecule has 8 rings (SSSR count). The van der Waals surface area contributed by atoms with E-state index in [-0.39, 0.29) is 52.7 Å². The number of halogens is 4. The molecule has 4 aliphatic rings. The Morgan fingerprint density at radius 3 is 2.17 bits per heavy atom. The van der Waals surface area contributed by atoms with Crippen molar-refractivity contribution in [2.45, 2.75) is 130 Å². The number of aliphatic hydroxyl groups excluding tert-OH is 1. The fourth-order valence-corrected chi connectivity index (χ4v) is 14.3. The average Bonchev–Trinajstić information content (AvgIpc) is 1.71. The zero-order valence-corrected chi connectivity index (χ0v) is 53.5. The monoisotopic (exact) mass is 1280 g/mol. The first kappa shape index (κ1) is 67.6. The Hall–Kier alpha value is -5.33. The van der Waals surface area contributed by atoms with Gasteiger partial charge >= 0.3 is 5.51 Å². The van der Waals surface area contributed by atoms with Gasteiger partial charge in [0.15, 0.2) is 0 Å². The molecule has 474 valence electrons. The number of piperazine rings is 1. The summed E-state index contributed by atoms with van der Waals surface area (Å²) in [5, 5.41) is 19.9. The van der Waals surface area contributed by atoms with Crippen LogP contribution in [0.1, 0.15) is 108 Å². The number of aliphatic hydroxyl groups is 1. The third-order valence-electron chi connectivity index (χ3n) is 16.7. The van der Waals surface area contributed by atoms with Crippen molar-refractivity contribution in [3.63, 3.8) is 0 Å². The second-order valence-electron chi connectivity index (χ2n) is 24.7. The van der Waals surface area contributed by atoms with Crippen LogP contribution >= 0.6 is 35.3 Å². The van der Waals surface area contributed by atoms with Gasteiger partial charge in [-0.1, -0.05) is 81.6 Å². The minimum Gasteiger partial charge on any atom is -0.391 e. The lowest BCUT2D eigenvalue weighted by molar-refractivity contribution is -0.139. The molecular formula is C64H84ClF3N8O8S3. The van der Waals surface area contributed by atoms with E-state index in [0.717, 1.165) is 99.2 Å². The standard InChI is InChI=1S/C64H84ClF3N8O8S3/c1-62(2,3)59(61(81)76-30-27-51(77)42-76)71-58(79)14-10-6-9-13-57(78)69-44-63(4)28-25-54(45-15-19-48(65)20-16-45)47(40-63)41-74-31-33-75(34-32-74)50-21-17-46(18-22-50)60(80)72-86-53-23-24-55(56(39-53)87(82,83)64(66,67)68)70-49(26-29-73-35-37-84-38-36-73)43-85-52-11-7-5-8-12-52/h5,7-8,11-12,15-24,39,49,51,59,70,77H,6,9-10,13-14,25-38,40-44H2,1-4H3,(H,69,78)(H,71,79)(H,72,80)/t49-,51-,59?,63?/m1/s1. The van der Waals surface area contributed by atoms with Gasteiger partial charge in [0.05, 0.1) is 25.0 Å². The number of sulfone groups is 1. The second-order valence-corrected chi connectivity index (χ2v) is 29.0. The van der Waals surface area contributed by atoms with Crippen molar-refractivity contribution >= 4 is 85.7 Å². The lowest BCUT2D eigenvalue weighted by Gasteiger charge is -2.41. The second kappa shape index (κ2) is 30.9. The summed E-state index contributed by atoms with van der Waals surface area (Å²) in [4.78, 5) is 61.7. The molecule has 4 atom stereocenters. The van der Waals surface area contributed by atoms with Gasteiger partial charge < -0.3 is 35.6 Å². The van der Waals surface area contributed by atoms with Crippen molar-refractivity contribution in [3.05, 3.63) is 119 Å². The van der Waals surface area contributed by atoms with Crippen LogP contribution in [0, 0.1) is 10.8 Å². The first-order chi connectivity index (χ1) is 41.4. The number of nitrogens with one attached hydrogen (secondary N) is 4. The Bertz CT molecular complexity index is 3110. The molecule has 0 radical (unpaired) electrons. The number of ether oxygens (including phenoxy) is 1. The summed E-state index contributed by atoms with van der Waals surface area (Å²) >= 11 is 8.59. The van der Waals surface area contributed by atoms with Crippen LogP contribution in [0.15, 0.2) is 117 Å². The van der Waals surface area contributed by atoms with Crippen LogP contribution in [0.5, 0.6) is 0 Å². The van der Waals surface area contributed by atoms with Gasteiger partial charge in [-0.3, -0.25) is 33.7 Å². The number of unbranched alkanes of at least 4 members (excludes halogenated alkanes) is 2. The van der Waals surface area contributed by atoms with Crippen molar-refractivity contribution in [2.75, 3.05) is 101 Å². The molecule has 1 aliphatic carbocycles. The number of thioether (sulfide) groups is 1. The topological polar surface area (TPSA) is 193 Å². The number of hydrogen-bond donors (Lipinski definition) is 5. The van der Waals surface area contributed by atoms with Crippen molar-refractivity contribution in [1.82, 2.24) is 30.1 Å². The van der Waals surface area contributed by atoms with Gasteiger partial charge in [0.1, 0.15) is 10.9 Å². The summed E-state index contributed by atoms with van der Waals surface area (Å²) in [6.45, 7) is 16.3. The van der Waals surface area contributed by atoms with Crippen molar-refractivity contribution in [3.8, 4) is 0 Å². The molecule has 3 heterocycles. The molecule has 4 aromatic carbocycles. The molecular weight excluding hydrogens is 1200 g/mol. The zero-order valence-electron chi connectivity index (χ0n) is 50.3. The molecule has 23 heteroatoms. The normalized spacial score (nSPS) is 19.8. The number of benzene rings is 4. The molecule has 0 saturated carbocycles. The summed E-state index contributed by atoms with van der Waals surface area (Å²) in [5.41, 5.74) is -1.38. The molecule has 4 aromatic rings. The molecule has 16 nitrogen and oxygen atoms in total. The Kier molecular flexibility index (Phi) is 24.0. The first-order valence-corrected chi connectivity index (χ1v) is 33.8. The number of likely N-dealkylation sites (tertiary alicyclic amines) is 1. The molecule has 87 heavy (non-hydrogen) atoms. The van der Waals surface area contributed by atoms with Crippen LogP contribution in [0.2, 0.25) is 5.02 Å². The highest BCUT2D eigenvalue weighted by molar-refractivity contribution is 7.99. The molecule has 2 unspecified atom stereocenters. The number of amides is 4. The van der Waals surface area contributed by atoms with E-state index in [0.29, 0.717) is 87.7 Å². The largest absolute Gasteiger partial charge is 0.501 e. The minimum absolute atomic E-state index is 0.0195. The fourth-order valence-electron chi connectivity index (χ4n) is 11.5.